The number of anilines is 1. The minimum Gasteiger partial charge on any atom is -0.379 e. The van der Waals surface area contributed by atoms with Gasteiger partial charge in [-0.3, -0.25) is 0 Å². The Labute approximate surface area is 100 Å². The number of rotatable bonds is 3. The first-order chi connectivity index (χ1) is 8.43. The second kappa shape index (κ2) is 4.59. The van der Waals surface area contributed by atoms with Crippen LogP contribution in [0, 0.1) is 0 Å². The van der Waals surface area contributed by atoms with Crippen molar-refractivity contribution >= 4 is 5.69 Å². The van der Waals surface area contributed by atoms with Gasteiger partial charge in [0.2, 0.25) is 0 Å². The highest BCUT2D eigenvalue weighted by Crippen LogP contribution is 2.21. The van der Waals surface area contributed by atoms with Crippen LogP contribution < -0.4 is 5.32 Å². The van der Waals surface area contributed by atoms with Gasteiger partial charge in [0, 0.05) is 19.0 Å². The first-order valence-electron chi connectivity index (χ1n) is 5.87. The summed E-state index contributed by atoms with van der Waals surface area (Å²) in [7, 11) is 0. The third-order valence-electron chi connectivity index (χ3n) is 2.94. The topological polar surface area (TPSA) is 39.1 Å². The van der Waals surface area contributed by atoms with Gasteiger partial charge in [-0.05, 0) is 24.6 Å². The van der Waals surface area contributed by atoms with Crippen molar-refractivity contribution in [3.8, 4) is 5.69 Å². The molecule has 1 N–H and O–H groups in total. The van der Waals surface area contributed by atoms with Crippen LogP contribution in [-0.4, -0.2) is 29.0 Å². The summed E-state index contributed by atoms with van der Waals surface area (Å²) < 4.78 is 7.25. The number of aromatic nitrogens is 2. The van der Waals surface area contributed by atoms with E-state index in [-0.39, 0.29) is 0 Å². The molecule has 17 heavy (non-hydrogen) atoms. The predicted molar refractivity (Wildman–Crippen MR) is 66.4 cm³/mol. The number of ether oxygens (including phenoxy) is 1. The van der Waals surface area contributed by atoms with Gasteiger partial charge in [0.05, 0.1) is 24.0 Å². The summed E-state index contributed by atoms with van der Waals surface area (Å²) >= 11 is 0. The fraction of sp³-hybridized carbons (Fsp3) is 0.308. The van der Waals surface area contributed by atoms with Crippen molar-refractivity contribution in [3.63, 3.8) is 0 Å². The van der Waals surface area contributed by atoms with Crippen molar-refractivity contribution in [1.29, 1.82) is 0 Å². The van der Waals surface area contributed by atoms with Gasteiger partial charge >= 0.3 is 0 Å². The molecule has 1 atom stereocenters. The summed E-state index contributed by atoms with van der Waals surface area (Å²) in [5.41, 5.74) is 2.18. The van der Waals surface area contributed by atoms with Gasteiger partial charge in [0.15, 0.2) is 0 Å². The van der Waals surface area contributed by atoms with Crippen molar-refractivity contribution in [2.45, 2.75) is 12.5 Å². The zero-order valence-electron chi connectivity index (χ0n) is 9.54. The summed E-state index contributed by atoms with van der Waals surface area (Å²) in [4.78, 5) is 0. The fourth-order valence-electron chi connectivity index (χ4n) is 2.08. The van der Waals surface area contributed by atoms with E-state index in [1.54, 1.807) is 6.20 Å². The summed E-state index contributed by atoms with van der Waals surface area (Å²) in [5, 5.41) is 7.78. The number of nitrogens with one attached hydrogen (secondary N) is 1. The largest absolute Gasteiger partial charge is 0.379 e. The van der Waals surface area contributed by atoms with E-state index in [2.05, 4.69) is 22.5 Å². The van der Waals surface area contributed by atoms with Gasteiger partial charge in [0.1, 0.15) is 0 Å². The molecule has 0 radical (unpaired) electrons. The van der Waals surface area contributed by atoms with Crippen molar-refractivity contribution in [2.75, 3.05) is 18.5 Å². The highest BCUT2D eigenvalue weighted by Gasteiger charge is 2.16. The Morgan fingerprint density at radius 1 is 1.29 bits per heavy atom. The molecule has 0 bridgehead atoms. The molecule has 4 heteroatoms. The number of hydrogen-bond acceptors (Lipinski definition) is 3. The van der Waals surface area contributed by atoms with Crippen LogP contribution in [0.2, 0.25) is 0 Å². The number of hydrogen-bond donors (Lipinski definition) is 1. The second-order valence-corrected chi connectivity index (χ2v) is 4.17. The maximum atomic E-state index is 5.37. The van der Waals surface area contributed by atoms with Crippen LogP contribution in [0.4, 0.5) is 5.69 Å². The molecule has 0 aliphatic carbocycles. The molecule has 0 amide bonds. The van der Waals surface area contributed by atoms with Crippen LogP contribution in [0.15, 0.2) is 42.7 Å². The van der Waals surface area contributed by atoms with Crippen LogP contribution in [0.5, 0.6) is 0 Å². The van der Waals surface area contributed by atoms with E-state index in [4.69, 9.17) is 4.74 Å². The Balaban J connectivity index is 1.88. The Morgan fingerprint density at radius 2 is 2.24 bits per heavy atom. The molecule has 1 aliphatic rings. The molecule has 1 aromatic heterocycles. The summed E-state index contributed by atoms with van der Waals surface area (Å²) in [6.45, 7) is 1.63. The maximum absolute atomic E-state index is 5.37. The normalized spacial score (nSPS) is 19.4. The van der Waals surface area contributed by atoms with Crippen LogP contribution >= 0.6 is 0 Å². The highest BCUT2D eigenvalue weighted by atomic mass is 16.5. The number of nitrogens with zero attached hydrogens (tertiary/aromatic N) is 2. The molecule has 4 nitrogen and oxygen atoms in total. The smallest absolute Gasteiger partial charge is 0.0876 e. The maximum Gasteiger partial charge on any atom is 0.0876 e. The molecule has 2 heterocycles. The lowest BCUT2D eigenvalue weighted by atomic mass is 10.2. The minimum absolute atomic E-state index is 0.409. The molecule has 1 saturated heterocycles. The fourth-order valence-corrected chi connectivity index (χ4v) is 2.08. The van der Waals surface area contributed by atoms with Gasteiger partial charge in [-0.2, -0.15) is 5.10 Å². The molecular formula is C13H15N3O. The SMILES string of the molecule is c1ccc(-n2cccn2)c(NC2CCOC2)c1. The predicted octanol–water partition coefficient (Wildman–Crippen LogP) is 2.07. The van der Waals surface area contributed by atoms with Crippen LogP contribution in [0.25, 0.3) is 5.69 Å². The summed E-state index contributed by atoms with van der Waals surface area (Å²) in [5.74, 6) is 0. The van der Waals surface area contributed by atoms with E-state index in [0.717, 1.165) is 31.0 Å². The van der Waals surface area contributed by atoms with Crippen LogP contribution in [-0.2, 0) is 4.74 Å². The van der Waals surface area contributed by atoms with Crippen molar-refractivity contribution in [3.05, 3.63) is 42.7 Å². The van der Waals surface area contributed by atoms with Crippen molar-refractivity contribution in [1.82, 2.24) is 9.78 Å². The van der Waals surface area contributed by atoms with E-state index in [0.29, 0.717) is 6.04 Å². The molecule has 2 aromatic rings. The van der Waals surface area contributed by atoms with Gasteiger partial charge in [0.25, 0.3) is 0 Å². The zero-order valence-corrected chi connectivity index (χ0v) is 9.54. The van der Waals surface area contributed by atoms with E-state index in [1.807, 2.05) is 29.1 Å². The average molecular weight is 229 g/mol. The van der Waals surface area contributed by atoms with Gasteiger partial charge < -0.3 is 10.1 Å². The average Bonchev–Trinajstić information content (AvgIpc) is 3.01. The molecular weight excluding hydrogens is 214 g/mol. The first-order valence-corrected chi connectivity index (χ1v) is 5.87. The van der Waals surface area contributed by atoms with E-state index in [1.165, 1.54) is 0 Å². The van der Waals surface area contributed by atoms with E-state index < -0.39 is 0 Å². The third-order valence-corrected chi connectivity index (χ3v) is 2.94. The summed E-state index contributed by atoms with van der Waals surface area (Å²) in [6.07, 6.45) is 4.80. The van der Waals surface area contributed by atoms with Crippen LogP contribution in [0.1, 0.15) is 6.42 Å². The van der Waals surface area contributed by atoms with Gasteiger partial charge in [-0.15, -0.1) is 0 Å². The Hall–Kier alpha value is -1.81. The molecule has 1 aliphatic heterocycles. The molecule has 1 unspecified atom stereocenters. The van der Waals surface area contributed by atoms with Crippen molar-refractivity contribution in [2.24, 2.45) is 0 Å². The van der Waals surface area contributed by atoms with E-state index in [9.17, 15) is 0 Å². The quantitative estimate of drug-likeness (QED) is 0.875. The highest BCUT2D eigenvalue weighted by molar-refractivity contribution is 5.61. The lowest BCUT2D eigenvalue weighted by molar-refractivity contribution is 0.195. The molecule has 1 fully saturated rings. The molecule has 88 valence electrons. The molecule has 0 spiro atoms. The van der Waals surface area contributed by atoms with Gasteiger partial charge in [-0.1, -0.05) is 12.1 Å². The Kier molecular flexibility index (Phi) is 2.80. The molecule has 3 rings (SSSR count). The Morgan fingerprint density at radius 3 is 3.00 bits per heavy atom. The number of para-hydroxylation sites is 2. The standard InChI is InChI=1S/C13H15N3O/c1-2-5-13(16-8-3-7-14-16)12(4-1)15-11-6-9-17-10-11/h1-5,7-8,11,15H,6,9-10H2. The lowest BCUT2D eigenvalue weighted by Crippen LogP contribution is -2.20. The number of benzene rings is 1. The Bertz CT molecular complexity index is 475. The first kappa shape index (κ1) is 10.4. The van der Waals surface area contributed by atoms with Crippen molar-refractivity contribution < 1.29 is 4.74 Å². The van der Waals surface area contributed by atoms with E-state index >= 15 is 0 Å². The van der Waals surface area contributed by atoms with Crippen LogP contribution in [0.3, 0.4) is 0 Å². The molecule has 0 saturated carbocycles. The third kappa shape index (κ3) is 2.17. The van der Waals surface area contributed by atoms with Gasteiger partial charge in [-0.25, -0.2) is 4.68 Å². The molecule has 1 aromatic carbocycles. The summed E-state index contributed by atoms with van der Waals surface area (Å²) in [6, 6.07) is 10.5. The minimum atomic E-state index is 0.409. The lowest BCUT2D eigenvalue weighted by Gasteiger charge is -2.15. The zero-order chi connectivity index (χ0) is 11.5. The second-order valence-electron chi connectivity index (χ2n) is 4.17. The monoisotopic (exact) mass is 229 g/mol.